The zero-order chi connectivity index (χ0) is 15.9. The largest absolute Gasteiger partial charge is 0.455 e. The maximum Gasteiger partial charge on any atom is 0.321 e. The molecule has 0 aliphatic rings. The predicted molar refractivity (Wildman–Crippen MR) is 76.0 cm³/mol. The van der Waals surface area contributed by atoms with Gasteiger partial charge in [-0.2, -0.15) is 4.72 Å². The van der Waals surface area contributed by atoms with E-state index >= 15 is 0 Å². The molecule has 0 fully saturated rings. The van der Waals surface area contributed by atoms with Crippen LogP contribution in [0.3, 0.4) is 0 Å². The number of nitrogens with one attached hydrogen (secondary N) is 2. The predicted octanol–water partition coefficient (Wildman–Crippen LogP) is -0.0474. The molecule has 0 saturated heterocycles. The molecule has 116 valence electrons. The van der Waals surface area contributed by atoms with Gasteiger partial charge in [-0.15, -0.1) is 0 Å². The van der Waals surface area contributed by atoms with E-state index in [0.717, 1.165) is 5.56 Å². The number of ether oxygens (including phenoxy) is 1. The minimum atomic E-state index is -3.77. The van der Waals surface area contributed by atoms with Crippen LogP contribution in [0.15, 0.2) is 29.2 Å². The van der Waals surface area contributed by atoms with E-state index in [-0.39, 0.29) is 4.90 Å². The number of carbonyl (C=O) groups excluding carboxylic acids is 2. The van der Waals surface area contributed by atoms with Crippen molar-refractivity contribution < 1.29 is 22.7 Å². The van der Waals surface area contributed by atoms with Crippen LogP contribution in [-0.4, -0.2) is 40.0 Å². The van der Waals surface area contributed by atoms with E-state index in [0.29, 0.717) is 6.54 Å². The van der Waals surface area contributed by atoms with Crippen molar-refractivity contribution >= 4 is 21.9 Å². The van der Waals surface area contributed by atoms with Crippen LogP contribution in [0.2, 0.25) is 0 Å². The summed E-state index contributed by atoms with van der Waals surface area (Å²) in [6.07, 6.45) is 0. The molecule has 1 rings (SSSR count). The molecule has 0 unspecified atom stereocenters. The molecular weight excluding hydrogens is 296 g/mol. The summed E-state index contributed by atoms with van der Waals surface area (Å²) in [5.74, 6) is -1.26. The van der Waals surface area contributed by atoms with Crippen LogP contribution in [0.25, 0.3) is 0 Å². The molecule has 0 aromatic heterocycles. The molecule has 21 heavy (non-hydrogen) atoms. The summed E-state index contributed by atoms with van der Waals surface area (Å²) in [6.45, 7) is 3.03. The van der Waals surface area contributed by atoms with E-state index in [9.17, 15) is 18.0 Å². The van der Waals surface area contributed by atoms with Gasteiger partial charge >= 0.3 is 5.97 Å². The number of likely N-dealkylation sites (N-methyl/N-ethyl adjacent to an activating group) is 1. The summed E-state index contributed by atoms with van der Waals surface area (Å²) < 4.78 is 30.5. The molecule has 0 spiro atoms. The summed E-state index contributed by atoms with van der Waals surface area (Å²) in [5.41, 5.74) is 0.926. The standard InChI is InChI=1S/C13H18N2O5S/c1-3-14-12(16)9-20-13(17)8-15-21(18,19)11-6-4-10(2)5-7-11/h4-7,15H,3,8-9H2,1-2H3,(H,14,16). The monoisotopic (exact) mass is 314 g/mol. The van der Waals surface area contributed by atoms with Crippen molar-refractivity contribution in [2.24, 2.45) is 0 Å². The smallest absolute Gasteiger partial charge is 0.321 e. The van der Waals surface area contributed by atoms with Crippen molar-refractivity contribution in [1.82, 2.24) is 10.0 Å². The maximum atomic E-state index is 11.9. The first-order valence-electron chi connectivity index (χ1n) is 6.34. The van der Waals surface area contributed by atoms with Gasteiger partial charge in [0, 0.05) is 6.54 Å². The maximum absolute atomic E-state index is 11.9. The number of rotatable bonds is 7. The van der Waals surface area contributed by atoms with Gasteiger partial charge in [-0.3, -0.25) is 9.59 Å². The van der Waals surface area contributed by atoms with E-state index < -0.39 is 35.1 Å². The van der Waals surface area contributed by atoms with Crippen molar-refractivity contribution in [2.45, 2.75) is 18.7 Å². The topological polar surface area (TPSA) is 102 Å². The number of esters is 1. The average Bonchev–Trinajstić information content (AvgIpc) is 2.44. The molecule has 0 heterocycles. The number of sulfonamides is 1. The second kappa shape index (κ2) is 7.75. The van der Waals surface area contributed by atoms with Gasteiger partial charge < -0.3 is 10.1 Å². The fraction of sp³-hybridized carbons (Fsp3) is 0.385. The lowest BCUT2D eigenvalue weighted by atomic mass is 10.2. The fourth-order valence-electron chi connectivity index (χ4n) is 1.40. The highest BCUT2D eigenvalue weighted by molar-refractivity contribution is 7.89. The van der Waals surface area contributed by atoms with Crippen molar-refractivity contribution in [3.05, 3.63) is 29.8 Å². The molecule has 8 heteroatoms. The van der Waals surface area contributed by atoms with E-state index in [1.165, 1.54) is 12.1 Å². The first-order chi connectivity index (χ1) is 9.85. The van der Waals surface area contributed by atoms with Gasteiger partial charge in [0.2, 0.25) is 10.0 Å². The Bertz CT molecular complexity index is 595. The molecule has 2 N–H and O–H groups in total. The molecule has 1 amide bonds. The number of benzene rings is 1. The second-order valence-electron chi connectivity index (χ2n) is 4.25. The summed E-state index contributed by atoms with van der Waals surface area (Å²) in [6, 6.07) is 6.19. The Morgan fingerprint density at radius 3 is 2.38 bits per heavy atom. The Labute approximate surface area is 123 Å². The third-order valence-corrected chi connectivity index (χ3v) is 3.89. The second-order valence-corrected chi connectivity index (χ2v) is 6.02. The third-order valence-electron chi connectivity index (χ3n) is 2.48. The summed E-state index contributed by atoms with van der Waals surface area (Å²) in [5, 5.41) is 2.45. The quantitative estimate of drug-likeness (QED) is 0.687. The number of hydrogen-bond donors (Lipinski definition) is 2. The highest BCUT2D eigenvalue weighted by Gasteiger charge is 2.16. The number of amides is 1. The molecule has 1 aromatic rings. The Morgan fingerprint density at radius 1 is 1.19 bits per heavy atom. The SMILES string of the molecule is CCNC(=O)COC(=O)CNS(=O)(=O)c1ccc(C)cc1. The molecular formula is C13H18N2O5S. The Morgan fingerprint density at radius 2 is 1.81 bits per heavy atom. The molecule has 0 radical (unpaired) electrons. The zero-order valence-corrected chi connectivity index (χ0v) is 12.7. The Kier molecular flexibility index (Phi) is 6.32. The van der Waals surface area contributed by atoms with Crippen molar-refractivity contribution in [3.63, 3.8) is 0 Å². The van der Waals surface area contributed by atoms with Gasteiger partial charge in [-0.05, 0) is 26.0 Å². The number of carbonyl (C=O) groups is 2. The van der Waals surface area contributed by atoms with Crippen LogP contribution in [0, 0.1) is 6.92 Å². The van der Waals surface area contributed by atoms with Gasteiger partial charge in [0.25, 0.3) is 5.91 Å². The van der Waals surface area contributed by atoms with Gasteiger partial charge in [-0.1, -0.05) is 17.7 Å². The normalized spacial score (nSPS) is 11.0. The molecule has 0 atom stereocenters. The number of hydrogen-bond acceptors (Lipinski definition) is 5. The lowest BCUT2D eigenvalue weighted by Crippen LogP contribution is -2.33. The van der Waals surface area contributed by atoms with Crippen molar-refractivity contribution in [1.29, 1.82) is 0 Å². The summed E-state index contributed by atoms with van der Waals surface area (Å²) >= 11 is 0. The Balaban J connectivity index is 2.48. The first-order valence-corrected chi connectivity index (χ1v) is 7.82. The fourth-order valence-corrected chi connectivity index (χ4v) is 2.37. The first kappa shape index (κ1) is 17.1. The lowest BCUT2D eigenvalue weighted by molar-refractivity contribution is -0.147. The van der Waals surface area contributed by atoms with E-state index in [4.69, 9.17) is 0 Å². The van der Waals surface area contributed by atoms with E-state index in [2.05, 4.69) is 14.8 Å². The van der Waals surface area contributed by atoms with Crippen LogP contribution < -0.4 is 10.0 Å². The summed E-state index contributed by atoms with van der Waals surface area (Å²) in [4.78, 5) is 22.5. The number of aryl methyl sites for hydroxylation is 1. The van der Waals surface area contributed by atoms with Crippen LogP contribution in [0.5, 0.6) is 0 Å². The van der Waals surface area contributed by atoms with Crippen LogP contribution >= 0.6 is 0 Å². The molecule has 7 nitrogen and oxygen atoms in total. The highest BCUT2D eigenvalue weighted by atomic mass is 32.2. The van der Waals surface area contributed by atoms with Gasteiger partial charge in [0.05, 0.1) is 4.90 Å². The van der Waals surface area contributed by atoms with Crippen LogP contribution in [-0.2, 0) is 24.3 Å². The zero-order valence-electron chi connectivity index (χ0n) is 11.9. The van der Waals surface area contributed by atoms with E-state index in [1.54, 1.807) is 19.1 Å². The molecule has 0 saturated carbocycles. The molecule has 0 aliphatic carbocycles. The van der Waals surface area contributed by atoms with E-state index in [1.807, 2.05) is 6.92 Å². The van der Waals surface area contributed by atoms with Crippen molar-refractivity contribution in [2.75, 3.05) is 19.7 Å². The molecule has 0 bridgehead atoms. The lowest BCUT2D eigenvalue weighted by Gasteiger charge is -2.07. The van der Waals surface area contributed by atoms with Gasteiger partial charge in [-0.25, -0.2) is 8.42 Å². The summed E-state index contributed by atoms with van der Waals surface area (Å²) in [7, 11) is -3.77. The van der Waals surface area contributed by atoms with Gasteiger partial charge in [0.1, 0.15) is 6.54 Å². The molecule has 1 aromatic carbocycles. The minimum absolute atomic E-state index is 0.0598. The van der Waals surface area contributed by atoms with Gasteiger partial charge in [0.15, 0.2) is 6.61 Å². The third kappa shape index (κ3) is 5.92. The average molecular weight is 314 g/mol. The van der Waals surface area contributed by atoms with Crippen molar-refractivity contribution in [3.8, 4) is 0 Å². The van der Waals surface area contributed by atoms with Crippen LogP contribution in [0.4, 0.5) is 0 Å². The minimum Gasteiger partial charge on any atom is -0.455 e. The van der Waals surface area contributed by atoms with Crippen LogP contribution in [0.1, 0.15) is 12.5 Å². The Hall–Kier alpha value is -1.93. The highest BCUT2D eigenvalue weighted by Crippen LogP contribution is 2.09. The molecule has 0 aliphatic heterocycles.